The van der Waals surface area contributed by atoms with Crippen molar-refractivity contribution in [3.8, 4) is 5.75 Å². The lowest BCUT2D eigenvalue weighted by atomic mass is 9.79. The van der Waals surface area contributed by atoms with Crippen molar-refractivity contribution in [1.82, 2.24) is 0 Å². The normalized spacial score (nSPS) is 22.3. The largest absolute Gasteiger partial charge is 0.494 e. The van der Waals surface area contributed by atoms with E-state index in [2.05, 4.69) is 16.3 Å². The topological polar surface area (TPSA) is 35.5 Å². The average Bonchev–Trinajstić information content (AvgIpc) is 2.49. The third kappa shape index (κ3) is 3.88. The van der Waals surface area contributed by atoms with Crippen LogP contribution in [0.5, 0.6) is 5.75 Å². The quantitative estimate of drug-likeness (QED) is 0.753. The maximum atomic E-state index is 11.9. The summed E-state index contributed by atoms with van der Waals surface area (Å²) in [6.45, 7) is 2.63. The van der Waals surface area contributed by atoms with Gasteiger partial charge in [-0.3, -0.25) is 4.79 Å². The first kappa shape index (κ1) is 15.2. The second kappa shape index (κ2) is 7.53. The van der Waals surface area contributed by atoms with Crippen molar-refractivity contribution in [2.24, 2.45) is 5.92 Å². The second-order valence-electron chi connectivity index (χ2n) is 5.02. The van der Waals surface area contributed by atoms with Crippen LogP contribution in [0.25, 0.3) is 0 Å². The number of rotatable bonds is 5. The van der Waals surface area contributed by atoms with E-state index in [1.165, 1.54) is 5.56 Å². The van der Waals surface area contributed by atoms with E-state index in [-0.39, 0.29) is 18.3 Å². The molecule has 1 saturated carbocycles. The minimum Gasteiger partial charge on any atom is -0.494 e. The van der Waals surface area contributed by atoms with Crippen LogP contribution in [0.2, 0.25) is 0 Å². The molecule has 0 spiro atoms. The molecule has 0 atom stereocenters. The molecular weight excluding hydrogens is 279 g/mol. The molecule has 0 radical (unpaired) electrons. The van der Waals surface area contributed by atoms with Crippen LogP contribution in [0.3, 0.4) is 0 Å². The highest BCUT2D eigenvalue weighted by Gasteiger charge is 2.28. The number of ether oxygens (including phenoxy) is 1. The third-order valence-electron chi connectivity index (χ3n) is 3.84. The van der Waals surface area contributed by atoms with Crippen LogP contribution in [0.1, 0.15) is 44.1 Å². The molecule has 3 nitrogen and oxygen atoms in total. The number of benzene rings is 1. The van der Waals surface area contributed by atoms with Gasteiger partial charge in [-0.1, -0.05) is 12.1 Å². The lowest BCUT2D eigenvalue weighted by molar-refractivity contribution is -0.138. The standard InChI is InChI=1S/C15H19FO3S/c1-2-18-14-9-7-12(8-10-14)11-3-5-13(6-4-11)15(17)19-20-16/h7-11,13H,2-6H2,1H3. The van der Waals surface area contributed by atoms with Crippen LogP contribution in [0.4, 0.5) is 3.89 Å². The first-order valence-electron chi connectivity index (χ1n) is 6.96. The fourth-order valence-corrected chi connectivity index (χ4v) is 2.96. The molecule has 0 unspecified atom stereocenters. The Morgan fingerprint density at radius 2 is 1.90 bits per heavy atom. The molecular formula is C15H19FO3S. The lowest BCUT2D eigenvalue weighted by Gasteiger charge is -2.27. The van der Waals surface area contributed by atoms with Crippen molar-refractivity contribution in [3.63, 3.8) is 0 Å². The van der Waals surface area contributed by atoms with Gasteiger partial charge in [0.05, 0.1) is 12.5 Å². The fraction of sp³-hybridized carbons (Fsp3) is 0.533. The Morgan fingerprint density at radius 3 is 2.45 bits per heavy atom. The maximum absolute atomic E-state index is 11.9. The van der Waals surface area contributed by atoms with Crippen LogP contribution in [-0.4, -0.2) is 12.6 Å². The van der Waals surface area contributed by atoms with Crippen LogP contribution in [0, 0.1) is 5.92 Å². The summed E-state index contributed by atoms with van der Waals surface area (Å²) < 4.78 is 21.7. The second-order valence-corrected chi connectivity index (χ2v) is 5.31. The van der Waals surface area contributed by atoms with Gasteiger partial charge < -0.3 is 8.92 Å². The number of carbonyl (C=O) groups excluding carboxylic acids is 1. The fourth-order valence-electron chi connectivity index (χ4n) is 2.76. The van der Waals surface area contributed by atoms with Gasteiger partial charge in [0.15, 0.2) is 0 Å². The van der Waals surface area contributed by atoms with E-state index in [4.69, 9.17) is 4.74 Å². The van der Waals surface area contributed by atoms with Crippen LogP contribution < -0.4 is 4.74 Å². The van der Waals surface area contributed by atoms with Crippen molar-refractivity contribution in [3.05, 3.63) is 29.8 Å². The van der Waals surface area contributed by atoms with Gasteiger partial charge >= 0.3 is 5.97 Å². The monoisotopic (exact) mass is 298 g/mol. The molecule has 2 rings (SSSR count). The number of hydrogen-bond donors (Lipinski definition) is 0. The summed E-state index contributed by atoms with van der Waals surface area (Å²) in [6, 6.07) is 8.15. The van der Waals surface area contributed by atoms with E-state index in [0.717, 1.165) is 31.4 Å². The third-order valence-corrected chi connectivity index (χ3v) is 4.06. The highest BCUT2D eigenvalue weighted by atomic mass is 32.2. The van der Waals surface area contributed by atoms with Crippen LogP contribution >= 0.6 is 12.4 Å². The van der Waals surface area contributed by atoms with Gasteiger partial charge in [0, 0.05) is 0 Å². The molecule has 1 aliphatic carbocycles. The molecule has 5 heteroatoms. The van der Waals surface area contributed by atoms with E-state index < -0.39 is 5.97 Å². The first-order valence-corrected chi connectivity index (χ1v) is 7.60. The predicted octanol–water partition coefficient (Wildman–Crippen LogP) is 4.44. The Morgan fingerprint density at radius 1 is 1.25 bits per heavy atom. The molecule has 0 aromatic heterocycles. The Balaban J connectivity index is 1.88. The Hall–Kier alpha value is -1.23. The molecule has 0 amide bonds. The van der Waals surface area contributed by atoms with Gasteiger partial charge in [-0.05, 0) is 56.2 Å². The van der Waals surface area contributed by atoms with Crippen molar-refractivity contribution < 1.29 is 17.6 Å². The van der Waals surface area contributed by atoms with Gasteiger partial charge in [0.1, 0.15) is 5.75 Å². The molecule has 0 bridgehead atoms. The summed E-state index contributed by atoms with van der Waals surface area (Å²) in [7, 11) is 0. The van der Waals surface area contributed by atoms with Crippen molar-refractivity contribution >= 4 is 18.4 Å². The summed E-state index contributed by atoms with van der Waals surface area (Å²) in [6.07, 6.45) is 3.39. The average molecular weight is 298 g/mol. The molecule has 20 heavy (non-hydrogen) atoms. The number of hydrogen-bond acceptors (Lipinski definition) is 4. The van der Waals surface area contributed by atoms with E-state index in [1.807, 2.05) is 19.1 Å². The van der Waals surface area contributed by atoms with Crippen molar-refractivity contribution in [1.29, 1.82) is 0 Å². The lowest BCUT2D eigenvalue weighted by Crippen LogP contribution is -2.21. The summed E-state index contributed by atoms with van der Waals surface area (Å²) in [5, 5.41) is 0. The molecule has 0 aliphatic heterocycles. The molecule has 0 heterocycles. The van der Waals surface area contributed by atoms with Gasteiger partial charge in [0.2, 0.25) is 0 Å². The summed E-state index contributed by atoms with van der Waals surface area (Å²) >= 11 is -0.357. The predicted molar refractivity (Wildman–Crippen MR) is 77.1 cm³/mol. The summed E-state index contributed by atoms with van der Waals surface area (Å²) in [5.41, 5.74) is 1.28. The molecule has 110 valence electrons. The zero-order chi connectivity index (χ0) is 14.4. The highest BCUT2D eigenvalue weighted by molar-refractivity contribution is 7.89. The van der Waals surface area contributed by atoms with E-state index in [0.29, 0.717) is 12.5 Å². The van der Waals surface area contributed by atoms with Crippen LogP contribution in [0.15, 0.2) is 24.3 Å². The zero-order valence-electron chi connectivity index (χ0n) is 11.5. The smallest absolute Gasteiger partial charge is 0.323 e. The van der Waals surface area contributed by atoms with Gasteiger partial charge in [-0.2, -0.15) is 0 Å². The van der Waals surface area contributed by atoms with E-state index in [1.54, 1.807) is 0 Å². The van der Waals surface area contributed by atoms with Crippen LogP contribution in [-0.2, 0) is 8.98 Å². The SMILES string of the molecule is CCOc1ccc(C2CCC(C(=O)OSF)CC2)cc1. The highest BCUT2D eigenvalue weighted by Crippen LogP contribution is 2.37. The summed E-state index contributed by atoms with van der Waals surface area (Å²) in [4.78, 5) is 11.5. The molecule has 0 N–H and O–H groups in total. The molecule has 1 aliphatic rings. The Labute approximate surface area is 123 Å². The van der Waals surface area contributed by atoms with E-state index in [9.17, 15) is 8.68 Å². The zero-order valence-corrected chi connectivity index (χ0v) is 12.3. The maximum Gasteiger partial charge on any atom is 0.323 e. The Bertz CT molecular complexity index is 427. The Kier molecular flexibility index (Phi) is 5.71. The minimum atomic E-state index is -0.428. The summed E-state index contributed by atoms with van der Waals surface area (Å²) in [5.74, 6) is 0.765. The first-order chi connectivity index (χ1) is 9.74. The van der Waals surface area contributed by atoms with Gasteiger partial charge in [-0.25, -0.2) is 0 Å². The number of carbonyl (C=O) groups is 1. The minimum absolute atomic E-state index is 0.155. The number of halogens is 1. The van der Waals surface area contributed by atoms with Crippen molar-refractivity contribution in [2.75, 3.05) is 6.61 Å². The van der Waals surface area contributed by atoms with Gasteiger partial charge in [0.25, 0.3) is 12.4 Å². The molecule has 1 aromatic rings. The van der Waals surface area contributed by atoms with Gasteiger partial charge in [-0.15, -0.1) is 3.89 Å². The molecule has 0 saturated heterocycles. The van der Waals surface area contributed by atoms with E-state index >= 15 is 0 Å². The molecule has 1 fully saturated rings. The van der Waals surface area contributed by atoms with Crippen molar-refractivity contribution in [2.45, 2.75) is 38.5 Å². The molecule has 1 aromatic carbocycles.